The van der Waals surface area contributed by atoms with Crippen molar-refractivity contribution in [2.45, 2.75) is 19.9 Å². The van der Waals surface area contributed by atoms with Crippen LogP contribution in [-0.4, -0.2) is 20.8 Å². The van der Waals surface area contributed by atoms with Crippen LogP contribution in [0.15, 0.2) is 33.4 Å². The number of ether oxygens (including phenoxy) is 2. The minimum absolute atomic E-state index is 0.0674. The Morgan fingerprint density at radius 3 is 2.52 bits per heavy atom. The predicted molar refractivity (Wildman–Crippen MR) is 86.2 cm³/mol. The van der Waals surface area contributed by atoms with Crippen LogP contribution >= 0.6 is 15.9 Å². The maximum absolute atomic E-state index is 5.66. The van der Waals surface area contributed by atoms with Crippen LogP contribution in [0.1, 0.15) is 29.9 Å². The van der Waals surface area contributed by atoms with Crippen molar-refractivity contribution in [3.63, 3.8) is 0 Å². The number of aryl methyl sites for hydroxylation is 1. The molecule has 1 aromatic heterocycles. The van der Waals surface area contributed by atoms with E-state index in [9.17, 15) is 0 Å². The Labute approximate surface area is 133 Å². The predicted octanol–water partition coefficient (Wildman–Crippen LogP) is 4.07. The summed E-state index contributed by atoms with van der Waals surface area (Å²) in [5.41, 5.74) is 2.11. The molecule has 0 fully saturated rings. The minimum Gasteiger partial charge on any atom is -0.495 e. The molecule has 1 atom stereocenters. The standard InChI is InChI=1S/C16H20BrNO3/c1-5-18-14(15-10(2)8-9-21-15)11-6-7-12(19-3)13(17)16(11)20-4/h6-9,14,18H,5H2,1-4H3. The average Bonchev–Trinajstić information content (AvgIpc) is 2.90. The van der Waals surface area contributed by atoms with Crippen molar-refractivity contribution < 1.29 is 13.9 Å². The first-order valence-corrected chi connectivity index (χ1v) is 7.61. The Morgan fingerprint density at radius 1 is 1.24 bits per heavy atom. The molecule has 0 saturated heterocycles. The molecular formula is C16H20BrNO3. The molecule has 0 aliphatic carbocycles. The maximum atomic E-state index is 5.66. The first-order valence-electron chi connectivity index (χ1n) is 6.81. The second kappa shape index (κ2) is 7.00. The molecule has 1 aromatic carbocycles. The molecule has 0 spiro atoms. The van der Waals surface area contributed by atoms with E-state index < -0.39 is 0 Å². The van der Waals surface area contributed by atoms with E-state index in [1.807, 2.05) is 25.1 Å². The molecule has 1 heterocycles. The molecule has 0 amide bonds. The molecular weight excluding hydrogens is 334 g/mol. The maximum Gasteiger partial charge on any atom is 0.142 e. The SMILES string of the molecule is CCNC(c1ccc(OC)c(Br)c1OC)c1occc1C. The normalized spacial score (nSPS) is 12.2. The number of benzene rings is 1. The lowest BCUT2D eigenvalue weighted by atomic mass is 10.0. The molecule has 114 valence electrons. The van der Waals surface area contributed by atoms with Gasteiger partial charge < -0.3 is 19.2 Å². The quantitative estimate of drug-likeness (QED) is 0.850. The van der Waals surface area contributed by atoms with Gasteiger partial charge in [-0.2, -0.15) is 0 Å². The van der Waals surface area contributed by atoms with E-state index in [1.54, 1.807) is 20.5 Å². The molecule has 2 aromatic rings. The van der Waals surface area contributed by atoms with Gasteiger partial charge in [0.15, 0.2) is 0 Å². The van der Waals surface area contributed by atoms with Gasteiger partial charge in [0.25, 0.3) is 0 Å². The zero-order valence-corrected chi connectivity index (χ0v) is 14.3. The second-order valence-corrected chi connectivity index (χ2v) is 5.46. The third kappa shape index (κ3) is 3.09. The van der Waals surface area contributed by atoms with E-state index >= 15 is 0 Å². The van der Waals surface area contributed by atoms with Gasteiger partial charge in [0.2, 0.25) is 0 Å². The smallest absolute Gasteiger partial charge is 0.142 e. The van der Waals surface area contributed by atoms with Crippen LogP contribution in [-0.2, 0) is 0 Å². The summed E-state index contributed by atoms with van der Waals surface area (Å²) >= 11 is 3.55. The van der Waals surface area contributed by atoms with E-state index in [2.05, 4.69) is 28.2 Å². The third-order valence-electron chi connectivity index (χ3n) is 3.40. The van der Waals surface area contributed by atoms with Gasteiger partial charge in [0.05, 0.1) is 26.5 Å². The first-order chi connectivity index (χ1) is 10.1. The van der Waals surface area contributed by atoms with Gasteiger partial charge in [-0.25, -0.2) is 0 Å². The average molecular weight is 354 g/mol. The molecule has 1 unspecified atom stereocenters. The van der Waals surface area contributed by atoms with Crippen LogP contribution in [0.4, 0.5) is 0 Å². The van der Waals surface area contributed by atoms with Gasteiger partial charge in [-0.3, -0.25) is 0 Å². The summed E-state index contributed by atoms with van der Waals surface area (Å²) in [5.74, 6) is 2.38. The highest BCUT2D eigenvalue weighted by atomic mass is 79.9. The number of nitrogens with one attached hydrogen (secondary N) is 1. The van der Waals surface area contributed by atoms with E-state index in [1.165, 1.54) is 0 Å². The van der Waals surface area contributed by atoms with E-state index in [-0.39, 0.29) is 6.04 Å². The van der Waals surface area contributed by atoms with Gasteiger partial charge >= 0.3 is 0 Å². The largest absolute Gasteiger partial charge is 0.495 e. The van der Waals surface area contributed by atoms with Crippen LogP contribution < -0.4 is 14.8 Å². The number of furan rings is 1. The summed E-state index contributed by atoms with van der Waals surface area (Å²) in [5, 5.41) is 3.45. The van der Waals surface area contributed by atoms with Gasteiger partial charge in [0, 0.05) is 5.56 Å². The number of halogens is 1. The summed E-state index contributed by atoms with van der Waals surface area (Å²) < 4.78 is 17.4. The van der Waals surface area contributed by atoms with Crippen molar-refractivity contribution in [1.82, 2.24) is 5.32 Å². The third-order valence-corrected chi connectivity index (χ3v) is 4.15. The van der Waals surface area contributed by atoms with Crippen molar-refractivity contribution in [3.05, 3.63) is 45.8 Å². The fraction of sp³-hybridized carbons (Fsp3) is 0.375. The Bertz CT molecular complexity index is 610. The number of hydrogen-bond acceptors (Lipinski definition) is 4. The van der Waals surface area contributed by atoms with Crippen LogP contribution in [0, 0.1) is 6.92 Å². The molecule has 0 saturated carbocycles. The summed E-state index contributed by atoms with van der Waals surface area (Å²) in [4.78, 5) is 0. The Kier molecular flexibility index (Phi) is 5.31. The molecule has 0 radical (unpaired) electrons. The van der Waals surface area contributed by atoms with Crippen LogP contribution in [0.5, 0.6) is 11.5 Å². The summed E-state index contributed by atoms with van der Waals surface area (Å²) in [6.45, 7) is 4.92. The molecule has 2 rings (SSSR count). The highest BCUT2D eigenvalue weighted by Gasteiger charge is 2.24. The molecule has 0 aliphatic heterocycles. The lowest BCUT2D eigenvalue weighted by Crippen LogP contribution is -2.23. The Balaban J connectivity index is 2.55. The van der Waals surface area contributed by atoms with Gasteiger partial charge in [0.1, 0.15) is 21.7 Å². The molecule has 0 aliphatic rings. The van der Waals surface area contributed by atoms with Crippen LogP contribution in [0.3, 0.4) is 0 Å². The topological polar surface area (TPSA) is 43.6 Å². The fourth-order valence-corrected chi connectivity index (χ4v) is 3.06. The number of hydrogen-bond donors (Lipinski definition) is 1. The van der Waals surface area contributed by atoms with Crippen molar-refractivity contribution in [3.8, 4) is 11.5 Å². The van der Waals surface area contributed by atoms with Crippen molar-refractivity contribution >= 4 is 15.9 Å². The molecule has 4 nitrogen and oxygen atoms in total. The summed E-state index contributed by atoms with van der Waals surface area (Å²) in [7, 11) is 3.29. The first kappa shape index (κ1) is 15.9. The lowest BCUT2D eigenvalue weighted by molar-refractivity contribution is 0.376. The fourth-order valence-electron chi connectivity index (χ4n) is 2.37. The van der Waals surface area contributed by atoms with Crippen LogP contribution in [0.25, 0.3) is 0 Å². The molecule has 21 heavy (non-hydrogen) atoms. The summed E-state index contributed by atoms with van der Waals surface area (Å²) in [6.07, 6.45) is 1.71. The monoisotopic (exact) mass is 353 g/mol. The van der Waals surface area contributed by atoms with Gasteiger partial charge in [-0.05, 0) is 53.2 Å². The second-order valence-electron chi connectivity index (χ2n) is 4.66. The van der Waals surface area contributed by atoms with Crippen molar-refractivity contribution in [2.24, 2.45) is 0 Å². The van der Waals surface area contributed by atoms with Crippen LogP contribution in [0.2, 0.25) is 0 Å². The molecule has 5 heteroatoms. The highest BCUT2D eigenvalue weighted by Crippen LogP contribution is 2.41. The minimum atomic E-state index is -0.0674. The molecule has 0 bridgehead atoms. The van der Waals surface area contributed by atoms with Gasteiger partial charge in [-0.1, -0.05) is 6.92 Å². The van der Waals surface area contributed by atoms with Crippen molar-refractivity contribution in [2.75, 3.05) is 20.8 Å². The van der Waals surface area contributed by atoms with E-state index in [4.69, 9.17) is 13.9 Å². The Morgan fingerprint density at radius 2 is 2.00 bits per heavy atom. The zero-order valence-electron chi connectivity index (χ0n) is 12.7. The zero-order chi connectivity index (χ0) is 15.4. The Hall–Kier alpha value is -1.46. The van der Waals surface area contributed by atoms with E-state index in [0.717, 1.165) is 39.4 Å². The molecule has 1 N–H and O–H groups in total. The summed E-state index contributed by atoms with van der Waals surface area (Å²) in [6, 6.07) is 5.81. The number of methoxy groups -OCH3 is 2. The lowest BCUT2D eigenvalue weighted by Gasteiger charge is -2.21. The van der Waals surface area contributed by atoms with E-state index in [0.29, 0.717) is 0 Å². The highest BCUT2D eigenvalue weighted by molar-refractivity contribution is 9.10. The number of rotatable bonds is 6. The van der Waals surface area contributed by atoms with Crippen molar-refractivity contribution in [1.29, 1.82) is 0 Å². The van der Waals surface area contributed by atoms with Gasteiger partial charge in [-0.15, -0.1) is 0 Å².